The Morgan fingerprint density at radius 1 is 1.56 bits per heavy atom. The Morgan fingerprint density at radius 3 is 2.44 bits per heavy atom. The quantitative estimate of drug-likeness (QED) is 0.529. The predicted molar refractivity (Wildman–Crippen MR) is 35.2 cm³/mol. The number of rotatable bonds is 1. The van der Waals surface area contributed by atoms with Crippen molar-refractivity contribution >= 4 is 6.03 Å². The van der Waals surface area contributed by atoms with Gasteiger partial charge in [-0.05, 0) is 13.3 Å². The van der Waals surface area contributed by atoms with Crippen LogP contribution in [0.2, 0.25) is 0 Å². The first-order valence-electron chi connectivity index (χ1n) is 3.31. The number of carbonyl (C=O) groups is 1. The summed E-state index contributed by atoms with van der Waals surface area (Å²) in [4.78, 5) is 10.6. The highest BCUT2D eigenvalue weighted by molar-refractivity contribution is 5.77. The molecule has 1 saturated heterocycles. The maximum atomic E-state index is 10.6. The number of carbonyl (C=O) groups excluding carboxylic acids is 1. The largest absolute Gasteiger partial charge is 0.334 e. The second-order valence-electron chi connectivity index (χ2n) is 2.42. The van der Waals surface area contributed by atoms with E-state index in [0.29, 0.717) is 12.1 Å². The lowest BCUT2D eigenvalue weighted by Gasteiger charge is -2.09. The minimum atomic E-state index is -0.0330. The molecule has 52 valence electrons. The summed E-state index contributed by atoms with van der Waals surface area (Å²) in [6.07, 6.45) is 1.000. The Labute approximate surface area is 54.8 Å². The monoisotopic (exact) mass is 128 g/mol. The fourth-order valence-corrected chi connectivity index (χ4v) is 1.10. The standard InChI is InChI=1S/C6H12N2O/c1-3-5-4(2)7-6(9)8-5/h4-5H,3H2,1-2H3,(H2,7,8,9). The van der Waals surface area contributed by atoms with Crippen LogP contribution < -0.4 is 10.6 Å². The molecule has 0 aromatic carbocycles. The SMILES string of the molecule is CCC1NC(=O)NC1C. The first-order chi connectivity index (χ1) is 4.24. The molecule has 0 radical (unpaired) electrons. The van der Waals surface area contributed by atoms with Crippen LogP contribution >= 0.6 is 0 Å². The molecule has 0 aliphatic carbocycles. The van der Waals surface area contributed by atoms with Crippen LogP contribution in [0.1, 0.15) is 20.3 Å². The third kappa shape index (κ3) is 1.15. The van der Waals surface area contributed by atoms with Crippen LogP contribution in [-0.4, -0.2) is 18.1 Å². The van der Waals surface area contributed by atoms with Crippen molar-refractivity contribution in [2.24, 2.45) is 0 Å². The minimum absolute atomic E-state index is 0.0330. The van der Waals surface area contributed by atoms with Gasteiger partial charge in [-0.25, -0.2) is 4.79 Å². The molecule has 0 saturated carbocycles. The highest BCUT2D eigenvalue weighted by Crippen LogP contribution is 2.03. The zero-order valence-electron chi connectivity index (χ0n) is 5.77. The lowest BCUT2D eigenvalue weighted by Crippen LogP contribution is -2.29. The second-order valence-corrected chi connectivity index (χ2v) is 2.42. The smallest absolute Gasteiger partial charge is 0.315 e. The molecular weight excluding hydrogens is 116 g/mol. The normalized spacial score (nSPS) is 33.8. The first kappa shape index (κ1) is 6.39. The summed E-state index contributed by atoms with van der Waals surface area (Å²) < 4.78 is 0. The van der Waals surface area contributed by atoms with Gasteiger partial charge < -0.3 is 10.6 Å². The third-order valence-corrected chi connectivity index (χ3v) is 1.72. The van der Waals surface area contributed by atoms with Crippen molar-refractivity contribution in [3.05, 3.63) is 0 Å². The van der Waals surface area contributed by atoms with Crippen molar-refractivity contribution in [1.82, 2.24) is 10.6 Å². The van der Waals surface area contributed by atoms with Gasteiger partial charge in [0, 0.05) is 6.04 Å². The van der Waals surface area contributed by atoms with E-state index in [9.17, 15) is 4.79 Å². The van der Waals surface area contributed by atoms with E-state index < -0.39 is 0 Å². The number of urea groups is 1. The van der Waals surface area contributed by atoms with Crippen LogP contribution in [0.15, 0.2) is 0 Å². The molecule has 9 heavy (non-hydrogen) atoms. The fraction of sp³-hybridized carbons (Fsp3) is 0.833. The van der Waals surface area contributed by atoms with E-state index in [4.69, 9.17) is 0 Å². The third-order valence-electron chi connectivity index (χ3n) is 1.72. The van der Waals surface area contributed by atoms with E-state index in [1.165, 1.54) is 0 Å². The Hall–Kier alpha value is -0.730. The van der Waals surface area contributed by atoms with Crippen molar-refractivity contribution in [3.8, 4) is 0 Å². The number of amides is 2. The molecule has 1 rings (SSSR count). The molecule has 2 N–H and O–H groups in total. The van der Waals surface area contributed by atoms with E-state index in [1.807, 2.05) is 6.92 Å². The van der Waals surface area contributed by atoms with E-state index in [0.717, 1.165) is 6.42 Å². The van der Waals surface area contributed by atoms with Gasteiger partial charge in [0.1, 0.15) is 0 Å². The molecule has 2 unspecified atom stereocenters. The zero-order valence-corrected chi connectivity index (χ0v) is 5.77. The van der Waals surface area contributed by atoms with E-state index in [2.05, 4.69) is 17.6 Å². The average Bonchev–Trinajstić information content (AvgIpc) is 2.10. The predicted octanol–water partition coefficient (Wildman–Crippen LogP) is 0.466. The van der Waals surface area contributed by atoms with Crippen LogP contribution in [0.4, 0.5) is 4.79 Å². The highest BCUT2D eigenvalue weighted by atomic mass is 16.2. The van der Waals surface area contributed by atoms with Crippen molar-refractivity contribution in [2.75, 3.05) is 0 Å². The van der Waals surface area contributed by atoms with Gasteiger partial charge in [-0.15, -0.1) is 0 Å². The minimum Gasteiger partial charge on any atom is -0.334 e. The van der Waals surface area contributed by atoms with Crippen LogP contribution in [0.25, 0.3) is 0 Å². The van der Waals surface area contributed by atoms with E-state index >= 15 is 0 Å². The number of hydrogen-bond acceptors (Lipinski definition) is 1. The van der Waals surface area contributed by atoms with Gasteiger partial charge in [-0.1, -0.05) is 6.92 Å². The molecule has 1 aliphatic rings. The maximum absolute atomic E-state index is 10.6. The van der Waals surface area contributed by atoms with E-state index in [-0.39, 0.29) is 6.03 Å². The average molecular weight is 128 g/mol. The topological polar surface area (TPSA) is 41.1 Å². The van der Waals surface area contributed by atoms with Crippen molar-refractivity contribution in [3.63, 3.8) is 0 Å². The summed E-state index contributed by atoms with van der Waals surface area (Å²) in [5.41, 5.74) is 0. The summed E-state index contributed by atoms with van der Waals surface area (Å²) in [7, 11) is 0. The summed E-state index contributed by atoms with van der Waals surface area (Å²) in [5.74, 6) is 0. The van der Waals surface area contributed by atoms with Crippen molar-refractivity contribution in [2.45, 2.75) is 32.4 Å². The highest BCUT2D eigenvalue weighted by Gasteiger charge is 2.25. The van der Waals surface area contributed by atoms with Crippen LogP contribution in [0.3, 0.4) is 0 Å². The number of hydrogen-bond donors (Lipinski definition) is 2. The Balaban J connectivity index is 2.47. The van der Waals surface area contributed by atoms with Crippen LogP contribution in [0, 0.1) is 0 Å². The summed E-state index contributed by atoms with van der Waals surface area (Å²) in [5, 5.41) is 5.57. The lowest BCUT2D eigenvalue weighted by atomic mass is 10.1. The van der Waals surface area contributed by atoms with Gasteiger partial charge in [0.25, 0.3) is 0 Å². The van der Waals surface area contributed by atoms with Gasteiger partial charge >= 0.3 is 6.03 Å². The molecule has 1 heterocycles. The second kappa shape index (κ2) is 2.25. The Morgan fingerprint density at radius 2 is 2.22 bits per heavy atom. The summed E-state index contributed by atoms with van der Waals surface area (Å²) in [6, 6.07) is 0.592. The van der Waals surface area contributed by atoms with Gasteiger partial charge in [0.15, 0.2) is 0 Å². The molecule has 1 fully saturated rings. The first-order valence-corrected chi connectivity index (χ1v) is 3.31. The Kier molecular flexibility index (Phi) is 1.60. The molecule has 0 aromatic heterocycles. The molecule has 2 amide bonds. The van der Waals surface area contributed by atoms with Gasteiger partial charge in [-0.3, -0.25) is 0 Å². The van der Waals surface area contributed by atoms with Crippen LogP contribution in [-0.2, 0) is 0 Å². The summed E-state index contributed by atoms with van der Waals surface area (Å²) in [6.45, 7) is 4.07. The van der Waals surface area contributed by atoms with Gasteiger partial charge in [0.2, 0.25) is 0 Å². The molecule has 1 aliphatic heterocycles. The molecule has 0 aromatic rings. The lowest BCUT2D eigenvalue weighted by molar-refractivity contribution is 0.247. The fourth-order valence-electron chi connectivity index (χ4n) is 1.10. The molecular formula is C6H12N2O. The molecule has 0 bridgehead atoms. The molecule has 2 atom stereocenters. The molecule has 0 spiro atoms. The van der Waals surface area contributed by atoms with Crippen molar-refractivity contribution in [1.29, 1.82) is 0 Å². The Bertz CT molecular complexity index is 124. The molecule has 3 nitrogen and oxygen atoms in total. The zero-order chi connectivity index (χ0) is 6.85. The van der Waals surface area contributed by atoms with Gasteiger partial charge in [-0.2, -0.15) is 0 Å². The van der Waals surface area contributed by atoms with Crippen molar-refractivity contribution < 1.29 is 4.79 Å². The molecule has 3 heteroatoms. The summed E-state index contributed by atoms with van der Waals surface area (Å²) >= 11 is 0. The van der Waals surface area contributed by atoms with Gasteiger partial charge in [0.05, 0.1) is 6.04 Å². The van der Waals surface area contributed by atoms with Crippen LogP contribution in [0.5, 0.6) is 0 Å². The maximum Gasteiger partial charge on any atom is 0.315 e. The van der Waals surface area contributed by atoms with E-state index in [1.54, 1.807) is 0 Å². The number of nitrogens with one attached hydrogen (secondary N) is 2.